The molecule has 2 N–H and O–H groups in total. The van der Waals surface area contributed by atoms with Crippen LogP contribution in [0.1, 0.15) is 35.6 Å². The highest BCUT2D eigenvalue weighted by Gasteiger charge is 2.45. The van der Waals surface area contributed by atoms with E-state index >= 15 is 0 Å². The van der Waals surface area contributed by atoms with Crippen LogP contribution in [0.2, 0.25) is 10.0 Å². The fourth-order valence-corrected chi connectivity index (χ4v) is 6.63. The fourth-order valence-electron chi connectivity index (χ4n) is 4.65. The number of ether oxygens (including phenoxy) is 1. The summed E-state index contributed by atoms with van der Waals surface area (Å²) in [5, 5.41) is 12.4. The number of nitrogens with zero attached hydrogens (tertiary/aromatic N) is 2. The summed E-state index contributed by atoms with van der Waals surface area (Å²) in [4.78, 5) is 39.8. The summed E-state index contributed by atoms with van der Waals surface area (Å²) >= 11 is 12.1. The van der Waals surface area contributed by atoms with Gasteiger partial charge in [0.1, 0.15) is 6.61 Å². The van der Waals surface area contributed by atoms with Gasteiger partial charge in [-0.05, 0) is 42.7 Å². The number of aryl methyl sites for hydroxylation is 1. The van der Waals surface area contributed by atoms with Crippen molar-refractivity contribution in [2.45, 2.75) is 43.5 Å². The molecule has 0 saturated carbocycles. The molecule has 1 aliphatic rings. The molecular weight excluding hydrogens is 605 g/mol. The molecule has 13 heteroatoms. The number of amides is 2. The van der Waals surface area contributed by atoms with Crippen LogP contribution in [-0.2, 0) is 31.0 Å². The number of carboxylic acid groups (broad SMARTS) is 1. The maximum Gasteiger partial charge on any atom is 0.411 e. The minimum Gasteiger partial charge on any atom is -0.481 e. The van der Waals surface area contributed by atoms with Gasteiger partial charge in [0, 0.05) is 13.1 Å². The summed E-state index contributed by atoms with van der Waals surface area (Å²) in [7, 11) is -4.40. The van der Waals surface area contributed by atoms with E-state index in [-0.39, 0.29) is 41.1 Å². The molecule has 2 atom stereocenters. The quantitative estimate of drug-likeness (QED) is 0.339. The number of carbonyl (C=O) groups excluding carboxylic acids is 2. The molecule has 4 rings (SSSR count). The lowest BCUT2D eigenvalue weighted by Gasteiger charge is -2.41. The smallest absolute Gasteiger partial charge is 0.411 e. The van der Waals surface area contributed by atoms with Gasteiger partial charge in [-0.25, -0.2) is 13.2 Å². The highest BCUT2D eigenvalue weighted by Crippen LogP contribution is 2.30. The van der Waals surface area contributed by atoms with Crippen LogP contribution in [-0.4, -0.2) is 60.0 Å². The Morgan fingerprint density at radius 2 is 1.74 bits per heavy atom. The molecule has 3 aromatic carbocycles. The molecule has 3 aromatic rings. The molecule has 1 heterocycles. The van der Waals surface area contributed by atoms with Gasteiger partial charge < -0.3 is 15.2 Å². The molecule has 222 valence electrons. The van der Waals surface area contributed by atoms with Crippen molar-refractivity contribution in [3.8, 4) is 0 Å². The average molecular weight is 635 g/mol. The number of hydrogen-bond donors (Lipinski definition) is 2. The first-order valence-electron chi connectivity index (χ1n) is 13.0. The van der Waals surface area contributed by atoms with E-state index in [1.54, 1.807) is 42.5 Å². The van der Waals surface area contributed by atoms with Gasteiger partial charge in [-0.1, -0.05) is 83.4 Å². The van der Waals surface area contributed by atoms with Gasteiger partial charge in [0.15, 0.2) is 6.17 Å². The molecule has 2 unspecified atom stereocenters. The zero-order valence-electron chi connectivity index (χ0n) is 22.6. The van der Waals surface area contributed by atoms with Crippen molar-refractivity contribution < 1.29 is 32.6 Å². The summed E-state index contributed by atoms with van der Waals surface area (Å²) in [6, 6.07) is 18.6. The number of rotatable bonds is 9. The van der Waals surface area contributed by atoms with E-state index in [1.165, 1.54) is 18.2 Å². The topological polar surface area (TPSA) is 133 Å². The number of halogens is 2. The number of carboxylic acids is 1. The van der Waals surface area contributed by atoms with Crippen LogP contribution in [0, 0.1) is 6.92 Å². The second-order valence-corrected chi connectivity index (χ2v) is 12.4. The third-order valence-corrected chi connectivity index (χ3v) is 9.25. The van der Waals surface area contributed by atoms with Crippen molar-refractivity contribution >= 4 is 51.2 Å². The van der Waals surface area contributed by atoms with Gasteiger partial charge in [-0.2, -0.15) is 4.31 Å². The van der Waals surface area contributed by atoms with E-state index in [9.17, 15) is 27.9 Å². The molecule has 1 fully saturated rings. The first kappa shape index (κ1) is 31.3. The first-order chi connectivity index (χ1) is 20.0. The van der Waals surface area contributed by atoms with E-state index in [2.05, 4.69) is 5.32 Å². The number of hydrogen-bond acceptors (Lipinski definition) is 6. The summed E-state index contributed by atoms with van der Waals surface area (Å²) in [5.74, 6) is -2.06. The average Bonchev–Trinajstić information content (AvgIpc) is 2.96. The number of nitrogens with one attached hydrogen (secondary N) is 1. The molecule has 42 heavy (non-hydrogen) atoms. The Balaban J connectivity index is 1.70. The van der Waals surface area contributed by atoms with Crippen molar-refractivity contribution in [1.82, 2.24) is 14.5 Å². The van der Waals surface area contributed by atoms with Gasteiger partial charge in [0.05, 0.1) is 27.4 Å². The lowest BCUT2D eigenvalue weighted by molar-refractivity contribution is -0.138. The van der Waals surface area contributed by atoms with Crippen LogP contribution < -0.4 is 5.32 Å². The van der Waals surface area contributed by atoms with Crippen LogP contribution >= 0.6 is 23.2 Å². The Morgan fingerprint density at radius 1 is 1.00 bits per heavy atom. The third-order valence-electron chi connectivity index (χ3n) is 6.66. The maximum atomic E-state index is 13.9. The fraction of sp³-hybridized carbons (Fsp3) is 0.276. The largest absolute Gasteiger partial charge is 0.481 e. The zero-order chi connectivity index (χ0) is 30.4. The van der Waals surface area contributed by atoms with Gasteiger partial charge >= 0.3 is 12.1 Å². The monoisotopic (exact) mass is 633 g/mol. The van der Waals surface area contributed by atoms with E-state index < -0.39 is 46.6 Å². The van der Waals surface area contributed by atoms with Crippen LogP contribution in [0.25, 0.3) is 0 Å². The molecule has 10 nitrogen and oxygen atoms in total. The number of carbonyl (C=O) groups is 3. The zero-order valence-corrected chi connectivity index (χ0v) is 24.9. The maximum absolute atomic E-state index is 13.9. The highest BCUT2D eigenvalue weighted by atomic mass is 35.5. The molecule has 0 radical (unpaired) electrons. The van der Waals surface area contributed by atoms with Crippen molar-refractivity contribution in [3.05, 3.63) is 99.5 Å². The van der Waals surface area contributed by atoms with Gasteiger partial charge in [-0.15, -0.1) is 0 Å². The summed E-state index contributed by atoms with van der Waals surface area (Å²) < 4.78 is 34.1. The number of sulfonamides is 1. The van der Waals surface area contributed by atoms with E-state index in [1.807, 2.05) is 19.1 Å². The molecule has 1 saturated heterocycles. The van der Waals surface area contributed by atoms with E-state index in [0.29, 0.717) is 11.1 Å². The third kappa shape index (κ3) is 7.40. The lowest BCUT2D eigenvalue weighted by atomic mass is 10.0. The van der Waals surface area contributed by atoms with Crippen LogP contribution in [0.5, 0.6) is 0 Å². The Bertz CT molecular complexity index is 1570. The second-order valence-electron chi connectivity index (χ2n) is 9.73. The van der Waals surface area contributed by atoms with Crippen molar-refractivity contribution in [2.24, 2.45) is 0 Å². The van der Waals surface area contributed by atoms with Crippen LogP contribution in [0.4, 0.5) is 4.79 Å². The van der Waals surface area contributed by atoms with E-state index in [0.717, 1.165) is 14.8 Å². The van der Waals surface area contributed by atoms with Gasteiger partial charge in [-0.3, -0.25) is 14.5 Å². The van der Waals surface area contributed by atoms with Crippen molar-refractivity contribution in [3.63, 3.8) is 0 Å². The molecule has 2 amide bonds. The Kier molecular flexibility index (Phi) is 10.1. The van der Waals surface area contributed by atoms with Gasteiger partial charge in [0.2, 0.25) is 10.0 Å². The molecule has 1 aliphatic heterocycles. The predicted octanol–water partition coefficient (Wildman–Crippen LogP) is 4.99. The molecule has 0 aliphatic carbocycles. The van der Waals surface area contributed by atoms with Crippen LogP contribution in [0.15, 0.2) is 77.7 Å². The summed E-state index contributed by atoms with van der Waals surface area (Å²) in [6.07, 6.45) is -2.85. The normalized spacial score (nSPS) is 16.5. The minimum absolute atomic E-state index is 0.00384. The molecular formula is C29H29Cl2N3O7S. The number of benzene rings is 3. The van der Waals surface area contributed by atoms with Crippen molar-refractivity contribution in [2.75, 3.05) is 13.1 Å². The highest BCUT2D eigenvalue weighted by molar-refractivity contribution is 7.89. The second kappa shape index (κ2) is 13.6. The molecule has 0 bridgehead atoms. The molecule has 0 aromatic heterocycles. The summed E-state index contributed by atoms with van der Waals surface area (Å²) in [6.45, 7) is 1.64. The Hall–Kier alpha value is -3.64. The van der Waals surface area contributed by atoms with Crippen LogP contribution in [0.3, 0.4) is 0 Å². The number of aliphatic carboxylic acids is 1. The lowest BCUT2D eigenvalue weighted by Crippen LogP contribution is -2.63. The minimum atomic E-state index is -4.40. The Morgan fingerprint density at radius 3 is 2.40 bits per heavy atom. The van der Waals surface area contributed by atoms with E-state index in [4.69, 9.17) is 27.9 Å². The predicted molar refractivity (Wildman–Crippen MR) is 156 cm³/mol. The molecule has 0 spiro atoms. The summed E-state index contributed by atoms with van der Waals surface area (Å²) in [5.41, 5.74) is 2.05. The van der Waals surface area contributed by atoms with Gasteiger partial charge in [0.25, 0.3) is 5.91 Å². The SMILES string of the molecule is Cc1cccc(C(CC(=O)O)NC(=O)C2N(C(=O)OCc3ccccc3)CCCN2S(=O)(=O)c2ccc(Cl)c(Cl)c2)c1. The first-order valence-corrected chi connectivity index (χ1v) is 15.2. The Labute approximate surface area is 253 Å². The standard InChI is InChI=1S/C29H29Cl2N3O7S/c1-19-7-5-10-21(15-19)25(17-26(35)36)32-27(37)28-33(29(38)41-18-20-8-3-2-4-9-20)13-6-14-34(28)42(39,40)22-11-12-23(30)24(31)16-22/h2-5,7-12,15-16,25,28H,6,13-14,17-18H2,1H3,(H,32,37)(H,35,36). The van der Waals surface area contributed by atoms with Crippen molar-refractivity contribution in [1.29, 1.82) is 0 Å².